The average molecular weight is 920 g/mol. The van der Waals surface area contributed by atoms with Crippen molar-refractivity contribution in [3.05, 3.63) is 228 Å². The summed E-state index contributed by atoms with van der Waals surface area (Å²) >= 11 is 0. The van der Waals surface area contributed by atoms with Crippen molar-refractivity contribution in [2.75, 3.05) is 4.90 Å². The number of rotatable bonds is 9. The van der Waals surface area contributed by atoms with E-state index in [1.807, 2.05) is 0 Å². The van der Waals surface area contributed by atoms with Crippen LogP contribution in [0.5, 0.6) is 0 Å². The van der Waals surface area contributed by atoms with Gasteiger partial charge in [-0.15, -0.1) is 0 Å². The van der Waals surface area contributed by atoms with E-state index in [-0.39, 0.29) is 0 Å². The van der Waals surface area contributed by atoms with E-state index in [0.29, 0.717) is 0 Å². The summed E-state index contributed by atoms with van der Waals surface area (Å²) in [7, 11) is 0. The molecule has 0 spiro atoms. The number of hydrogen-bond acceptors (Lipinski definition) is 2. The van der Waals surface area contributed by atoms with Crippen LogP contribution in [0.15, 0.2) is 200 Å². The van der Waals surface area contributed by atoms with Gasteiger partial charge in [-0.25, -0.2) is 4.90 Å². The van der Waals surface area contributed by atoms with Crippen molar-refractivity contribution >= 4 is 38.8 Å². The van der Waals surface area contributed by atoms with E-state index in [1.54, 1.807) is 0 Å². The van der Waals surface area contributed by atoms with Gasteiger partial charge >= 0.3 is 0 Å². The SMILES string of the molecule is CCCCc1ccc2c(c1)C(O)N1c3c4c(cccc4cc[n+]3-2)C(=C2c3ccc(-c4cccc(-c5cc(-c6ccccc6)cc(-c6ccccc6)c5)c4)cc3-c3cc(C)c4ccccc4[n+]32)C1(CC)CC. The smallest absolute Gasteiger partial charge is 0.293 e. The molecule has 344 valence electrons. The van der Waals surface area contributed by atoms with Crippen molar-refractivity contribution < 1.29 is 14.2 Å². The van der Waals surface area contributed by atoms with E-state index < -0.39 is 11.8 Å². The van der Waals surface area contributed by atoms with Gasteiger partial charge in [0, 0.05) is 23.1 Å². The summed E-state index contributed by atoms with van der Waals surface area (Å²) in [4.78, 5) is 2.42. The van der Waals surface area contributed by atoms with Gasteiger partial charge in [0.2, 0.25) is 23.1 Å². The maximum absolute atomic E-state index is 13.2. The normalized spacial score (nSPS) is 16.0. The topological polar surface area (TPSA) is 31.2 Å². The highest BCUT2D eigenvalue weighted by molar-refractivity contribution is 6.12. The molecule has 1 unspecified atom stereocenters. The third kappa shape index (κ3) is 6.61. The van der Waals surface area contributed by atoms with Crippen LogP contribution in [0.25, 0.3) is 94.4 Å². The molecule has 1 N–H and O–H groups in total. The molecule has 1 atom stereocenters. The van der Waals surface area contributed by atoms with Gasteiger partial charge in [-0.1, -0.05) is 149 Å². The molecule has 4 nitrogen and oxygen atoms in total. The van der Waals surface area contributed by atoms with Crippen molar-refractivity contribution in [1.82, 2.24) is 0 Å². The molecule has 71 heavy (non-hydrogen) atoms. The molecule has 3 aliphatic rings. The fourth-order valence-electron chi connectivity index (χ4n) is 12.6. The lowest BCUT2D eigenvalue weighted by Gasteiger charge is -2.47. The second kappa shape index (κ2) is 16.9. The van der Waals surface area contributed by atoms with Crippen LogP contribution in [0.1, 0.15) is 80.5 Å². The molecule has 0 bridgehead atoms. The number of benzene rings is 8. The Balaban J connectivity index is 1.04. The fraction of sp³-hybridized carbons (Fsp3) is 0.164. The van der Waals surface area contributed by atoms with E-state index in [1.165, 1.54) is 111 Å². The van der Waals surface area contributed by atoms with Crippen molar-refractivity contribution in [2.24, 2.45) is 0 Å². The Labute approximate surface area is 417 Å². The maximum Gasteiger partial charge on any atom is 0.293 e. The summed E-state index contributed by atoms with van der Waals surface area (Å²) in [6.45, 7) is 9.15. The van der Waals surface area contributed by atoms with Crippen molar-refractivity contribution in [1.29, 1.82) is 0 Å². The molecule has 5 heterocycles. The average Bonchev–Trinajstić information content (AvgIpc) is 3.75. The highest BCUT2D eigenvalue weighted by atomic mass is 16.3. The molecule has 8 aromatic carbocycles. The van der Waals surface area contributed by atoms with Gasteiger partial charge in [-0.2, -0.15) is 9.13 Å². The molecule has 10 aromatic rings. The van der Waals surface area contributed by atoms with Gasteiger partial charge in [-0.05, 0) is 154 Å². The monoisotopic (exact) mass is 919 g/mol. The number of para-hydroxylation sites is 1. The molecular formula is C67H57N3O+2. The van der Waals surface area contributed by atoms with Crippen LogP contribution in [-0.4, -0.2) is 10.6 Å². The highest BCUT2D eigenvalue weighted by Gasteiger charge is 2.59. The summed E-state index contributed by atoms with van der Waals surface area (Å²) in [5, 5.41) is 16.8. The van der Waals surface area contributed by atoms with Crippen LogP contribution in [0, 0.1) is 6.92 Å². The molecule has 0 amide bonds. The van der Waals surface area contributed by atoms with E-state index in [0.717, 1.165) is 49.2 Å². The largest absolute Gasteiger partial charge is 0.352 e. The molecule has 0 saturated heterocycles. The molecule has 2 aromatic heterocycles. The highest BCUT2D eigenvalue weighted by Crippen LogP contribution is 2.57. The number of unbranched alkanes of at least 4 members (excludes halogenated alkanes) is 1. The minimum absolute atomic E-state index is 0.575. The van der Waals surface area contributed by atoms with Gasteiger partial charge in [0.05, 0.1) is 33.8 Å². The second-order valence-corrected chi connectivity index (χ2v) is 19.9. The number of aliphatic hydroxyl groups is 1. The Morgan fingerprint density at radius 3 is 1.90 bits per heavy atom. The lowest BCUT2D eigenvalue weighted by Crippen LogP contribution is -2.60. The van der Waals surface area contributed by atoms with Gasteiger partial charge < -0.3 is 5.11 Å². The zero-order valence-corrected chi connectivity index (χ0v) is 41.0. The first kappa shape index (κ1) is 43.1. The summed E-state index contributed by atoms with van der Waals surface area (Å²) in [6, 6.07) is 71.9. The number of pyridine rings is 2. The zero-order valence-electron chi connectivity index (χ0n) is 41.0. The van der Waals surface area contributed by atoms with Crippen molar-refractivity contribution in [3.8, 4) is 61.5 Å². The Bertz CT molecular complexity index is 3750. The summed E-state index contributed by atoms with van der Waals surface area (Å²) in [6.07, 6.45) is 6.23. The molecule has 13 rings (SSSR count). The summed E-state index contributed by atoms with van der Waals surface area (Å²) in [5.74, 6) is 1.07. The van der Waals surface area contributed by atoms with Crippen molar-refractivity contribution in [2.45, 2.75) is 71.6 Å². The molecule has 4 heteroatoms. The van der Waals surface area contributed by atoms with Crippen LogP contribution < -0.4 is 14.0 Å². The number of aryl methyl sites for hydroxylation is 2. The van der Waals surface area contributed by atoms with Crippen LogP contribution in [0.4, 0.5) is 5.82 Å². The Morgan fingerprint density at radius 2 is 1.18 bits per heavy atom. The minimum atomic E-state index is -0.840. The first-order valence-electron chi connectivity index (χ1n) is 25.7. The Hall–Kier alpha value is -7.92. The lowest BCUT2D eigenvalue weighted by molar-refractivity contribution is -0.586. The van der Waals surface area contributed by atoms with E-state index in [2.05, 4.69) is 242 Å². The number of fused-ring (bicyclic) bond motifs is 7. The van der Waals surface area contributed by atoms with E-state index in [9.17, 15) is 5.11 Å². The van der Waals surface area contributed by atoms with Gasteiger partial charge in [0.25, 0.3) is 5.82 Å². The number of hydrogen-bond donors (Lipinski definition) is 1. The van der Waals surface area contributed by atoms with Gasteiger partial charge in [-0.3, -0.25) is 0 Å². The van der Waals surface area contributed by atoms with Gasteiger partial charge in [0.1, 0.15) is 11.2 Å². The third-order valence-corrected chi connectivity index (χ3v) is 16.1. The predicted molar refractivity (Wildman–Crippen MR) is 293 cm³/mol. The van der Waals surface area contributed by atoms with E-state index in [4.69, 9.17) is 0 Å². The van der Waals surface area contributed by atoms with Crippen molar-refractivity contribution in [3.63, 3.8) is 0 Å². The number of aliphatic hydroxyl groups excluding tert-OH is 1. The molecule has 0 aliphatic carbocycles. The maximum atomic E-state index is 13.2. The van der Waals surface area contributed by atoms with Crippen LogP contribution in [-0.2, 0) is 6.42 Å². The molecule has 0 radical (unpaired) electrons. The van der Waals surface area contributed by atoms with E-state index >= 15 is 0 Å². The number of aromatic nitrogens is 2. The fourth-order valence-corrected chi connectivity index (χ4v) is 12.6. The molecular weight excluding hydrogens is 863 g/mol. The quantitative estimate of drug-likeness (QED) is 0.146. The predicted octanol–water partition coefficient (Wildman–Crippen LogP) is 15.7. The van der Waals surface area contributed by atoms with Crippen LogP contribution >= 0.6 is 0 Å². The third-order valence-electron chi connectivity index (χ3n) is 16.1. The van der Waals surface area contributed by atoms with Gasteiger partial charge in [0.15, 0.2) is 0 Å². The summed E-state index contributed by atoms with van der Waals surface area (Å²) < 4.78 is 4.93. The number of anilines is 1. The molecule has 0 fully saturated rings. The Kier molecular flexibility index (Phi) is 10.3. The zero-order chi connectivity index (χ0) is 48.0. The van der Waals surface area contributed by atoms with Crippen LogP contribution in [0.3, 0.4) is 0 Å². The summed E-state index contributed by atoms with van der Waals surface area (Å²) in [5.41, 5.74) is 22.0. The first-order valence-corrected chi connectivity index (χ1v) is 25.7. The first-order chi connectivity index (χ1) is 34.9. The lowest BCUT2D eigenvalue weighted by atomic mass is 9.72. The standard InChI is InChI=1S/C67H57N3O/c1-5-8-19-44-30-33-59-58(37-44)66(71)70-65-62-47(34-35-68(59)65)24-18-28-56(62)63(67(70,6-2)7-3)64-55-32-31-50(42-57(55)61-36-43(4)54-27-15-16-29-60(54)69(61)64)48-25-17-26-49(38-48)53-40-51(45-20-11-9-12-21-45)39-52(41-53)46-22-13-10-14-23-46/h9-18,20-42,66,71H,5-8,19H2,1-4H3/q+2. The second-order valence-electron chi connectivity index (χ2n) is 19.9. The number of nitrogens with zero attached hydrogens (tertiary/aromatic N) is 3. The minimum Gasteiger partial charge on any atom is -0.352 e. The Morgan fingerprint density at radius 1 is 0.549 bits per heavy atom. The molecule has 3 aliphatic heterocycles. The molecule has 0 saturated carbocycles. The van der Waals surface area contributed by atoms with Crippen LogP contribution in [0.2, 0.25) is 0 Å².